The molecule has 1 atom stereocenters. The van der Waals surface area contributed by atoms with Gasteiger partial charge in [-0.3, -0.25) is 14.5 Å². The molecule has 0 spiro atoms. The molecule has 1 N–H and O–H groups in total. The standard InChI is InChI=1S/C19H26N2O3/c22-18(20-16-9-5-2-6-10-16)13-17-19(23)24-12-11-21(17)14-15-7-3-1-4-8-15/h1,3-4,7-8,16-17H,2,5-6,9-14H2,(H,20,22). The predicted molar refractivity (Wildman–Crippen MR) is 91.2 cm³/mol. The third-order valence-electron chi connectivity index (χ3n) is 4.91. The van der Waals surface area contributed by atoms with E-state index in [1.807, 2.05) is 30.3 Å². The Morgan fingerprint density at radius 3 is 2.67 bits per heavy atom. The maximum absolute atomic E-state index is 12.4. The maximum Gasteiger partial charge on any atom is 0.323 e. The van der Waals surface area contributed by atoms with Crippen LogP contribution < -0.4 is 5.32 Å². The van der Waals surface area contributed by atoms with Crippen LogP contribution in [0.4, 0.5) is 0 Å². The van der Waals surface area contributed by atoms with Crippen LogP contribution in [-0.2, 0) is 20.9 Å². The number of esters is 1. The number of hydrogen-bond donors (Lipinski definition) is 1. The van der Waals surface area contributed by atoms with E-state index in [-0.39, 0.29) is 24.3 Å². The molecule has 5 nitrogen and oxygen atoms in total. The van der Waals surface area contributed by atoms with Gasteiger partial charge in [0.25, 0.3) is 0 Å². The van der Waals surface area contributed by atoms with Crippen LogP contribution in [0.5, 0.6) is 0 Å². The van der Waals surface area contributed by atoms with Crippen molar-refractivity contribution in [2.45, 2.75) is 57.2 Å². The van der Waals surface area contributed by atoms with Crippen LogP contribution in [-0.4, -0.2) is 42.0 Å². The van der Waals surface area contributed by atoms with Crippen LogP contribution in [0, 0.1) is 0 Å². The van der Waals surface area contributed by atoms with Crippen LogP contribution in [0.2, 0.25) is 0 Å². The van der Waals surface area contributed by atoms with E-state index in [1.54, 1.807) is 0 Å². The first-order chi connectivity index (χ1) is 11.7. The molecule has 0 bridgehead atoms. The Bertz CT molecular complexity index is 555. The molecule has 1 saturated carbocycles. The summed E-state index contributed by atoms with van der Waals surface area (Å²) in [5, 5.41) is 3.10. The molecule has 0 radical (unpaired) electrons. The van der Waals surface area contributed by atoms with Gasteiger partial charge in [-0.25, -0.2) is 0 Å². The molecule has 1 unspecified atom stereocenters. The van der Waals surface area contributed by atoms with E-state index in [1.165, 1.54) is 19.3 Å². The molecule has 1 aromatic rings. The molecule has 0 aromatic heterocycles. The molecule has 24 heavy (non-hydrogen) atoms. The normalized spacial score (nSPS) is 22.8. The Morgan fingerprint density at radius 2 is 1.92 bits per heavy atom. The summed E-state index contributed by atoms with van der Waals surface area (Å²) in [6, 6.07) is 9.82. The van der Waals surface area contributed by atoms with E-state index in [0.29, 0.717) is 19.7 Å². The highest BCUT2D eigenvalue weighted by Crippen LogP contribution is 2.19. The smallest absolute Gasteiger partial charge is 0.323 e. The maximum atomic E-state index is 12.4. The first-order valence-electron chi connectivity index (χ1n) is 8.96. The van der Waals surface area contributed by atoms with Gasteiger partial charge in [-0.05, 0) is 18.4 Å². The highest BCUT2D eigenvalue weighted by molar-refractivity contribution is 5.85. The second kappa shape index (κ2) is 8.29. The zero-order valence-electron chi connectivity index (χ0n) is 14.1. The molecular weight excluding hydrogens is 304 g/mol. The van der Waals surface area contributed by atoms with E-state index >= 15 is 0 Å². The fourth-order valence-corrected chi connectivity index (χ4v) is 3.59. The summed E-state index contributed by atoms with van der Waals surface area (Å²) in [6.07, 6.45) is 5.89. The number of hydrogen-bond acceptors (Lipinski definition) is 4. The Morgan fingerprint density at radius 1 is 1.17 bits per heavy atom. The number of nitrogens with zero attached hydrogens (tertiary/aromatic N) is 1. The van der Waals surface area contributed by atoms with Crippen molar-refractivity contribution in [2.24, 2.45) is 0 Å². The van der Waals surface area contributed by atoms with Gasteiger partial charge in [0.1, 0.15) is 12.6 Å². The largest absolute Gasteiger partial charge is 0.463 e. The van der Waals surface area contributed by atoms with Gasteiger partial charge in [-0.15, -0.1) is 0 Å². The summed E-state index contributed by atoms with van der Waals surface area (Å²) >= 11 is 0. The molecule has 2 aliphatic rings. The van der Waals surface area contributed by atoms with E-state index < -0.39 is 6.04 Å². The minimum atomic E-state index is -0.484. The molecule has 3 rings (SSSR count). The van der Waals surface area contributed by atoms with E-state index in [0.717, 1.165) is 18.4 Å². The lowest BCUT2D eigenvalue weighted by atomic mass is 9.95. The third-order valence-corrected chi connectivity index (χ3v) is 4.91. The number of ether oxygens (including phenoxy) is 1. The molecule has 2 fully saturated rings. The molecule has 1 aromatic carbocycles. The van der Waals surface area contributed by atoms with Crippen molar-refractivity contribution < 1.29 is 14.3 Å². The van der Waals surface area contributed by atoms with Crippen LogP contribution in [0.1, 0.15) is 44.1 Å². The Hall–Kier alpha value is -1.88. The van der Waals surface area contributed by atoms with Gasteiger partial charge >= 0.3 is 5.97 Å². The zero-order valence-corrected chi connectivity index (χ0v) is 14.1. The number of morpholine rings is 1. The van der Waals surface area contributed by atoms with Crippen molar-refractivity contribution in [2.75, 3.05) is 13.2 Å². The average molecular weight is 330 g/mol. The van der Waals surface area contributed by atoms with Crippen LogP contribution in [0.25, 0.3) is 0 Å². The number of rotatable bonds is 5. The number of nitrogens with one attached hydrogen (secondary N) is 1. The number of benzene rings is 1. The minimum Gasteiger partial charge on any atom is -0.463 e. The second-order valence-corrected chi connectivity index (χ2v) is 6.75. The summed E-state index contributed by atoms with van der Waals surface area (Å²) in [6.45, 7) is 1.73. The number of amides is 1. The fraction of sp³-hybridized carbons (Fsp3) is 0.579. The van der Waals surface area contributed by atoms with Crippen molar-refractivity contribution in [1.29, 1.82) is 0 Å². The molecule has 1 amide bonds. The summed E-state index contributed by atoms with van der Waals surface area (Å²) < 4.78 is 5.19. The lowest BCUT2D eigenvalue weighted by Crippen LogP contribution is -2.51. The van der Waals surface area contributed by atoms with Crippen LogP contribution >= 0.6 is 0 Å². The van der Waals surface area contributed by atoms with Crippen molar-refractivity contribution >= 4 is 11.9 Å². The molecule has 5 heteroatoms. The highest BCUT2D eigenvalue weighted by atomic mass is 16.5. The Kier molecular flexibility index (Phi) is 5.86. The van der Waals surface area contributed by atoms with E-state index in [9.17, 15) is 9.59 Å². The van der Waals surface area contributed by atoms with Crippen LogP contribution in [0.15, 0.2) is 30.3 Å². The van der Waals surface area contributed by atoms with Crippen molar-refractivity contribution in [3.8, 4) is 0 Å². The Labute approximate surface area is 143 Å². The second-order valence-electron chi connectivity index (χ2n) is 6.75. The molecule has 1 heterocycles. The molecule has 1 aliphatic heterocycles. The van der Waals surface area contributed by atoms with Gasteiger partial charge in [0.15, 0.2) is 0 Å². The van der Waals surface area contributed by atoms with Gasteiger partial charge in [-0.1, -0.05) is 49.6 Å². The summed E-state index contributed by atoms with van der Waals surface area (Å²) in [4.78, 5) is 26.6. The molecule has 1 aliphatic carbocycles. The van der Waals surface area contributed by atoms with Crippen molar-refractivity contribution in [1.82, 2.24) is 10.2 Å². The van der Waals surface area contributed by atoms with Crippen LogP contribution in [0.3, 0.4) is 0 Å². The quantitative estimate of drug-likeness (QED) is 0.841. The minimum absolute atomic E-state index is 0.0381. The summed E-state index contributed by atoms with van der Waals surface area (Å²) in [7, 11) is 0. The molecule has 1 saturated heterocycles. The monoisotopic (exact) mass is 330 g/mol. The average Bonchev–Trinajstić information content (AvgIpc) is 2.60. The predicted octanol–water partition coefficient (Wildman–Crippen LogP) is 2.25. The fourth-order valence-electron chi connectivity index (χ4n) is 3.59. The first-order valence-corrected chi connectivity index (χ1v) is 8.96. The van der Waals surface area contributed by atoms with Gasteiger partial charge in [0, 0.05) is 19.1 Å². The van der Waals surface area contributed by atoms with E-state index in [2.05, 4.69) is 10.2 Å². The number of carbonyl (C=O) groups excluding carboxylic acids is 2. The topological polar surface area (TPSA) is 58.6 Å². The lowest BCUT2D eigenvalue weighted by Gasteiger charge is -2.34. The highest BCUT2D eigenvalue weighted by Gasteiger charge is 2.33. The molecule has 130 valence electrons. The van der Waals surface area contributed by atoms with Gasteiger partial charge in [0.2, 0.25) is 5.91 Å². The zero-order chi connectivity index (χ0) is 16.8. The SMILES string of the molecule is O=C(CC1C(=O)OCCN1Cc1ccccc1)NC1CCCCC1. The van der Waals surface area contributed by atoms with Crippen molar-refractivity contribution in [3.05, 3.63) is 35.9 Å². The lowest BCUT2D eigenvalue weighted by molar-refractivity contribution is -0.159. The first kappa shape index (κ1) is 17.0. The van der Waals surface area contributed by atoms with Crippen molar-refractivity contribution in [3.63, 3.8) is 0 Å². The number of cyclic esters (lactones) is 1. The number of carbonyl (C=O) groups is 2. The molecular formula is C19H26N2O3. The van der Waals surface area contributed by atoms with Gasteiger partial charge in [0.05, 0.1) is 6.42 Å². The third kappa shape index (κ3) is 4.57. The summed E-state index contributed by atoms with van der Waals surface area (Å²) in [5.74, 6) is -0.320. The summed E-state index contributed by atoms with van der Waals surface area (Å²) in [5.41, 5.74) is 1.14. The van der Waals surface area contributed by atoms with E-state index in [4.69, 9.17) is 4.74 Å². The Balaban J connectivity index is 1.59. The van der Waals surface area contributed by atoms with Gasteiger partial charge in [-0.2, -0.15) is 0 Å². The van der Waals surface area contributed by atoms with Gasteiger partial charge < -0.3 is 10.1 Å².